The molecule has 0 amide bonds. The Kier molecular flexibility index (Phi) is 7.61. The maximum atomic E-state index is 11.1. The maximum absolute atomic E-state index is 11.1. The molecule has 1 N–H and O–H groups in total. The van der Waals surface area contributed by atoms with E-state index >= 15 is 0 Å². The number of nitrogens with zero attached hydrogens (tertiary/aromatic N) is 3. The van der Waals surface area contributed by atoms with Crippen molar-refractivity contribution in [2.24, 2.45) is 11.8 Å². The molecule has 0 radical (unpaired) electrons. The minimum absolute atomic E-state index is 0.0872. The zero-order valence-corrected chi connectivity index (χ0v) is 11.0. The first kappa shape index (κ1) is 16.6. The van der Waals surface area contributed by atoms with Crippen LogP contribution in [0.1, 0.15) is 13.8 Å². The lowest BCUT2D eigenvalue weighted by Crippen LogP contribution is -2.41. The fraction of sp³-hybridized carbons (Fsp3) is 0.538. The highest BCUT2D eigenvalue weighted by atomic mass is 16.5. The zero-order valence-electron chi connectivity index (χ0n) is 11.0. The van der Waals surface area contributed by atoms with Crippen molar-refractivity contribution in [3.8, 4) is 18.2 Å². The molecule has 0 aromatic heterocycles. The standard InChI is InChI=1S/C13H16N4O2/c1-9(2)13(18)19-5-4-17-12(10(3)6-14)11(7-15)8-16/h10-12,17H,1,4-5H2,2-3H3. The Hall–Kier alpha value is -2.36. The van der Waals surface area contributed by atoms with Gasteiger partial charge in [0.2, 0.25) is 0 Å². The van der Waals surface area contributed by atoms with Crippen LogP contribution in [0.5, 0.6) is 0 Å². The number of nitrogens with one attached hydrogen (secondary N) is 1. The third-order valence-electron chi connectivity index (χ3n) is 2.44. The van der Waals surface area contributed by atoms with E-state index in [2.05, 4.69) is 11.9 Å². The molecule has 0 heterocycles. The van der Waals surface area contributed by atoms with Crippen LogP contribution < -0.4 is 5.32 Å². The van der Waals surface area contributed by atoms with Gasteiger partial charge in [0, 0.05) is 12.1 Å². The Bertz CT molecular complexity index is 439. The Labute approximate surface area is 112 Å². The topological polar surface area (TPSA) is 110 Å². The lowest BCUT2D eigenvalue weighted by Gasteiger charge is -2.21. The summed E-state index contributed by atoms with van der Waals surface area (Å²) < 4.78 is 4.86. The second-order valence-corrected chi connectivity index (χ2v) is 4.05. The van der Waals surface area contributed by atoms with Crippen molar-refractivity contribution in [3.63, 3.8) is 0 Å². The van der Waals surface area contributed by atoms with Gasteiger partial charge in [0.1, 0.15) is 12.5 Å². The third kappa shape index (κ3) is 5.68. The van der Waals surface area contributed by atoms with Crippen LogP contribution in [0.3, 0.4) is 0 Å². The number of ether oxygens (including phenoxy) is 1. The van der Waals surface area contributed by atoms with Crippen LogP contribution >= 0.6 is 0 Å². The minimum Gasteiger partial charge on any atom is -0.461 e. The highest BCUT2D eigenvalue weighted by molar-refractivity contribution is 5.86. The number of rotatable bonds is 7. The van der Waals surface area contributed by atoms with Gasteiger partial charge in [0.25, 0.3) is 0 Å². The third-order valence-corrected chi connectivity index (χ3v) is 2.44. The SMILES string of the molecule is C=C(C)C(=O)OCCNC(C(C)C#N)C(C#N)C#N. The minimum atomic E-state index is -0.925. The van der Waals surface area contributed by atoms with Crippen molar-refractivity contribution in [2.45, 2.75) is 19.9 Å². The Balaban J connectivity index is 4.35. The van der Waals surface area contributed by atoms with Crippen LogP contribution in [0, 0.1) is 45.8 Å². The molecule has 0 rings (SSSR count). The molecule has 0 saturated heterocycles. The van der Waals surface area contributed by atoms with Gasteiger partial charge < -0.3 is 10.1 Å². The first-order chi connectivity index (χ1) is 8.97. The second-order valence-electron chi connectivity index (χ2n) is 4.05. The molecule has 0 aromatic carbocycles. The van der Waals surface area contributed by atoms with Crippen molar-refractivity contribution < 1.29 is 9.53 Å². The van der Waals surface area contributed by atoms with Gasteiger partial charge >= 0.3 is 5.97 Å². The van der Waals surface area contributed by atoms with Crippen LogP contribution in [0.4, 0.5) is 0 Å². The van der Waals surface area contributed by atoms with Gasteiger partial charge in [-0.15, -0.1) is 0 Å². The van der Waals surface area contributed by atoms with Gasteiger partial charge in [-0.05, 0) is 13.8 Å². The summed E-state index contributed by atoms with van der Waals surface area (Å²) >= 11 is 0. The van der Waals surface area contributed by atoms with Crippen LogP contribution in [-0.2, 0) is 9.53 Å². The van der Waals surface area contributed by atoms with Gasteiger partial charge in [0.15, 0.2) is 0 Å². The lowest BCUT2D eigenvalue weighted by molar-refractivity contribution is -0.138. The molecule has 6 nitrogen and oxygen atoms in total. The number of hydrogen-bond donors (Lipinski definition) is 1. The van der Waals surface area contributed by atoms with Crippen molar-refractivity contribution in [3.05, 3.63) is 12.2 Å². The zero-order chi connectivity index (χ0) is 14.8. The Morgan fingerprint density at radius 3 is 2.32 bits per heavy atom. The summed E-state index contributed by atoms with van der Waals surface area (Å²) in [5.41, 5.74) is 0.300. The van der Waals surface area contributed by atoms with Crippen LogP contribution in [0.2, 0.25) is 0 Å². The number of carbonyl (C=O) groups is 1. The van der Waals surface area contributed by atoms with Gasteiger partial charge in [-0.2, -0.15) is 15.8 Å². The molecule has 19 heavy (non-hydrogen) atoms. The fourth-order valence-electron chi connectivity index (χ4n) is 1.35. The van der Waals surface area contributed by atoms with Crippen LogP contribution in [0.25, 0.3) is 0 Å². The van der Waals surface area contributed by atoms with E-state index in [0.717, 1.165) is 0 Å². The molecule has 0 aliphatic heterocycles. The lowest BCUT2D eigenvalue weighted by atomic mass is 9.92. The molecule has 0 aromatic rings. The first-order valence-corrected chi connectivity index (χ1v) is 5.72. The summed E-state index contributed by atoms with van der Waals surface area (Å²) in [6.45, 7) is 6.95. The fourth-order valence-corrected chi connectivity index (χ4v) is 1.35. The number of carbonyl (C=O) groups excluding carboxylic acids is 1. The van der Waals surface area contributed by atoms with E-state index < -0.39 is 23.8 Å². The predicted molar refractivity (Wildman–Crippen MR) is 67.1 cm³/mol. The molecule has 0 saturated carbocycles. The molecule has 6 heteroatoms. The molecule has 2 unspecified atom stereocenters. The van der Waals surface area contributed by atoms with E-state index in [0.29, 0.717) is 5.57 Å². The summed E-state index contributed by atoms with van der Waals surface area (Å²) in [7, 11) is 0. The Morgan fingerprint density at radius 2 is 1.89 bits per heavy atom. The van der Waals surface area contributed by atoms with Crippen molar-refractivity contribution in [2.75, 3.05) is 13.2 Å². The Morgan fingerprint density at radius 1 is 1.32 bits per heavy atom. The molecular weight excluding hydrogens is 244 g/mol. The van der Waals surface area contributed by atoms with Crippen LogP contribution in [-0.4, -0.2) is 25.2 Å². The summed E-state index contributed by atoms with van der Waals surface area (Å²) in [6.07, 6.45) is 0. The highest BCUT2D eigenvalue weighted by Gasteiger charge is 2.26. The van der Waals surface area contributed by atoms with Gasteiger partial charge in [-0.3, -0.25) is 0 Å². The van der Waals surface area contributed by atoms with Crippen LogP contribution in [0.15, 0.2) is 12.2 Å². The molecule has 0 spiro atoms. The summed E-state index contributed by atoms with van der Waals surface area (Å²) in [5.74, 6) is -1.92. The van der Waals surface area contributed by atoms with E-state index in [1.807, 2.05) is 18.2 Å². The van der Waals surface area contributed by atoms with E-state index in [9.17, 15) is 4.79 Å². The molecule has 2 atom stereocenters. The molecule has 0 aliphatic carbocycles. The van der Waals surface area contributed by atoms with Crippen molar-refractivity contribution in [1.82, 2.24) is 5.32 Å². The van der Waals surface area contributed by atoms with E-state index in [4.69, 9.17) is 20.5 Å². The van der Waals surface area contributed by atoms with E-state index in [1.165, 1.54) is 6.92 Å². The monoisotopic (exact) mass is 260 g/mol. The largest absolute Gasteiger partial charge is 0.461 e. The van der Waals surface area contributed by atoms with Gasteiger partial charge in [-0.25, -0.2) is 4.79 Å². The predicted octanol–water partition coefficient (Wildman–Crippen LogP) is 0.887. The first-order valence-electron chi connectivity index (χ1n) is 5.72. The average molecular weight is 260 g/mol. The molecular formula is C13H16N4O2. The smallest absolute Gasteiger partial charge is 0.333 e. The number of nitriles is 3. The molecule has 100 valence electrons. The summed E-state index contributed by atoms with van der Waals surface area (Å²) in [5, 5.41) is 29.4. The molecule has 0 bridgehead atoms. The maximum Gasteiger partial charge on any atom is 0.333 e. The summed E-state index contributed by atoms with van der Waals surface area (Å²) in [6, 6.07) is 5.09. The van der Waals surface area contributed by atoms with Gasteiger partial charge in [0.05, 0.1) is 30.2 Å². The van der Waals surface area contributed by atoms with Gasteiger partial charge in [-0.1, -0.05) is 6.58 Å². The van der Waals surface area contributed by atoms with Crippen molar-refractivity contribution >= 4 is 5.97 Å². The average Bonchev–Trinajstić information content (AvgIpc) is 2.41. The van der Waals surface area contributed by atoms with E-state index in [1.54, 1.807) is 6.92 Å². The quantitative estimate of drug-likeness (QED) is 0.413. The normalized spacial score (nSPS) is 12.6. The molecule has 0 fully saturated rings. The van der Waals surface area contributed by atoms with Crippen molar-refractivity contribution in [1.29, 1.82) is 15.8 Å². The highest BCUT2D eigenvalue weighted by Crippen LogP contribution is 2.11. The second kappa shape index (κ2) is 8.69. The summed E-state index contributed by atoms with van der Waals surface area (Å²) in [4.78, 5) is 11.1. The number of hydrogen-bond acceptors (Lipinski definition) is 6. The van der Waals surface area contributed by atoms with E-state index in [-0.39, 0.29) is 13.2 Å². The molecule has 0 aliphatic rings. The number of esters is 1.